The molecule has 3 aliphatic rings. The van der Waals surface area contributed by atoms with Gasteiger partial charge in [-0.2, -0.15) is 15.4 Å². The molecular formula is C82H63N5S2V. The number of para-hydroxylation sites is 3. The van der Waals surface area contributed by atoms with Crippen LogP contribution in [0.25, 0.3) is 81.4 Å². The van der Waals surface area contributed by atoms with E-state index in [-0.39, 0.29) is 29.4 Å². The fourth-order valence-corrected chi connectivity index (χ4v) is 15.5. The summed E-state index contributed by atoms with van der Waals surface area (Å²) in [5, 5.41) is 19.5. The molecule has 17 rings (SSSR count). The quantitative estimate of drug-likeness (QED) is 0.0882. The van der Waals surface area contributed by atoms with E-state index in [9.17, 15) is 0 Å². The van der Waals surface area contributed by atoms with Crippen LogP contribution < -0.4 is 19.6 Å². The smallest absolute Gasteiger partial charge is 0.781 e. The van der Waals surface area contributed by atoms with Crippen LogP contribution in [0.4, 0.5) is 56.9 Å². The molecule has 2 aliphatic carbocycles. The number of hydrogen-bond donors (Lipinski definition) is 1. The number of nitrogens with one attached hydrogen (secondary N) is 1. The van der Waals surface area contributed by atoms with Crippen LogP contribution in [0, 0.1) is 0 Å². The molecule has 0 bridgehead atoms. The van der Waals surface area contributed by atoms with E-state index in [1.807, 2.05) is 38.1 Å². The summed E-state index contributed by atoms with van der Waals surface area (Å²) in [7, 11) is 0. The van der Waals surface area contributed by atoms with Crippen LogP contribution >= 0.6 is 11.9 Å². The first-order valence-electron chi connectivity index (χ1n) is 30.9. The van der Waals surface area contributed by atoms with Gasteiger partial charge in [0, 0.05) is 60.6 Å². The number of rotatable bonds is 9. The SMILES string of the molecule is CC.CC1(C)c2cc(N(c3ccc4ccccc4c3)c3ccc4c(N5NSc6ccccc65)c5cc(N(c6ccccc6)c6ccc7c(c6)C(C)(C)c6ccc8ccccc8c6-7)ccc5c([N-]c5ccccc5[S-])c4c3)ccc2-c2c1ccc1ccccc21.[V+2]. The minimum Gasteiger partial charge on any atom is -0.781 e. The second-order valence-electron chi connectivity index (χ2n) is 24.4. The van der Waals surface area contributed by atoms with Crippen molar-refractivity contribution < 1.29 is 18.6 Å². The monoisotopic (exact) mass is 1230 g/mol. The van der Waals surface area contributed by atoms with Crippen LogP contribution in [-0.2, 0) is 42.0 Å². The first-order chi connectivity index (χ1) is 43.6. The minimum absolute atomic E-state index is 0. The van der Waals surface area contributed by atoms with Crippen molar-refractivity contribution in [2.45, 2.75) is 62.2 Å². The minimum atomic E-state index is -0.245. The molecule has 90 heavy (non-hydrogen) atoms. The van der Waals surface area contributed by atoms with Crippen molar-refractivity contribution in [2.24, 2.45) is 0 Å². The van der Waals surface area contributed by atoms with Crippen molar-refractivity contribution in [3.63, 3.8) is 0 Å². The van der Waals surface area contributed by atoms with Crippen molar-refractivity contribution in [2.75, 3.05) is 14.8 Å². The van der Waals surface area contributed by atoms with Gasteiger partial charge in [-0.3, -0.25) is 5.01 Å². The van der Waals surface area contributed by atoms with Crippen LogP contribution in [0.1, 0.15) is 63.8 Å². The molecule has 433 valence electrons. The van der Waals surface area contributed by atoms with E-state index in [1.165, 1.54) is 76.8 Å². The zero-order valence-corrected chi connectivity index (χ0v) is 54.0. The summed E-state index contributed by atoms with van der Waals surface area (Å²) in [6, 6.07) is 98.0. The molecule has 5 nitrogen and oxygen atoms in total. The van der Waals surface area contributed by atoms with Gasteiger partial charge < -0.3 is 27.7 Å². The molecule has 1 radical (unpaired) electrons. The van der Waals surface area contributed by atoms with Crippen molar-refractivity contribution in [1.29, 1.82) is 0 Å². The van der Waals surface area contributed by atoms with Gasteiger partial charge in [-0.05, 0) is 184 Å². The number of fused-ring (bicyclic) bond motifs is 14. The summed E-state index contributed by atoms with van der Waals surface area (Å²) < 4.78 is 0. The van der Waals surface area contributed by atoms with Gasteiger partial charge >= 0.3 is 18.6 Å². The second-order valence-corrected chi connectivity index (χ2v) is 25.7. The van der Waals surface area contributed by atoms with Gasteiger partial charge in [0.05, 0.1) is 11.4 Å². The Morgan fingerprint density at radius 2 is 0.867 bits per heavy atom. The molecule has 0 fully saturated rings. The maximum atomic E-state index is 6.13. The van der Waals surface area contributed by atoms with Gasteiger partial charge in [0.1, 0.15) is 0 Å². The predicted molar refractivity (Wildman–Crippen MR) is 382 cm³/mol. The third-order valence-electron chi connectivity index (χ3n) is 18.8. The normalized spacial score (nSPS) is 13.7. The maximum Gasteiger partial charge on any atom is 2.00 e. The third-order valence-corrected chi connectivity index (χ3v) is 20.0. The van der Waals surface area contributed by atoms with Crippen LogP contribution in [0.5, 0.6) is 0 Å². The van der Waals surface area contributed by atoms with Crippen LogP contribution in [0.3, 0.4) is 0 Å². The maximum absolute atomic E-state index is 6.13. The molecule has 0 unspecified atom stereocenters. The number of benzene rings is 14. The summed E-state index contributed by atoms with van der Waals surface area (Å²) in [6.07, 6.45) is 0. The van der Waals surface area contributed by atoms with Gasteiger partial charge in [0.25, 0.3) is 0 Å². The molecule has 0 amide bonds. The molecule has 14 aromatic rings. The van der Waals surface area contributed by atoms with Gasteiger partial charge in [-0.15, -0.1) is 5.69 Å². The Kier molecular flexibility index (Phi) is 14.2. The van der Waals surface area contributed by atoms with E-state index < -0.39 is 0 Å². The summed E-state index contributed by atoms with van der Waals surface area (Å²) >= 11 is 7.76. The molecule has 14 aromatic carbocycles. The van der Waals surface area contributed by atoms with E-state index in [2.05, 4.69) is 290 Å². The average molecular weight is 1230 g/mol. The van der Waals surface area contributed by atoms with E-state index >= 15 is 0 Å². The summed E-state index contributed by atoms with van der Waals surface area (Å²) in [6.45, 7) is 13.5. The predicted octanol–water partition coefficient (Wildman–Crippen LogP) is 23.9. The van der Waals surface area contributed by atoms with E-state index in [4.69, 9.17) is 17.9 Å². The number of hydrogen-bond acceptors (Lipinski definition) is 6. The molecule has 1 N–H and O–H groups in total. The largest absolute Gasteiger partial charge is 2.00 e. The van der Waals surface area contributed by atoms with Crippen molar-refractivity contribution in [3.05, 3.63) is 294 Å². The summed E-state index contributed by atoms with van der Waals surface area (Å²) in [5.74, 6) is 0. The molecule has 0 spiro atoms. The molecule has 0 saturated heterocycles. The van der Waals surface area contributed by atoms with Crippen LogP contribution in [0.15, 0.2) is 277 Å². The van der Waals surface area contributed by atoms with Crippen LogP contribution in [0.2, 0.25) is 0 Å². The second kappa shape index (κ2) is 22.3. The first kappa shape index (κ1) is 57.2. The van der Waals surface area contributed by atoms with Gasteiger partial charge in [0.2, 0.25) is 0 Å². The Balaban J connectivity index is 0.00000223. The van der Waals surface area contributed by atoms with E-state index in [0.717, 1.165) is 83.3 Å². The molecule has 0 saturated carbocycles. The Labute approximate surface area is 548 Å². The van der Waals surface area contributed by atoms with E-state index in [1.54, 1.807) is 11.9 Å². The topological polar surface area (TPSA) is 35.9 Å². The molecule has 0 aromatic heterocycles. The summed E-state index contributed by atoms with van der Waals surface area (Å²) in [5.41, 5.74) is 20.1. The fourth-order valence-electron chi connectivity index (χ4n) is 14.6. The Bertz CT molecular complexity index is 5210. The van der Waals surface area contributed by atoms with Crippen LogP contribution in [-0.4, -0.2) is 0 Å². The molecular weight excluding hydrogens is 1170 g/mol. The molecule has 8 heteroatoms. The molecule has 0 atom stereocenters. The van der Waals surface area contributed by atoms with Gasteiger partial charge in [-0.25, -0.2) is 0 Å². The van der Waals surface area contributed by atoms with Gasteiger partial charge in [0.15, 0.2) is 0 Å². The number of nitrogens with zero attached hydrogens (tertiary/aromatic N) is 4. The zero-order valence-electron chi connectivity index (χ0n) is 51.0. The number of anilines is 8. The van der Waals surface area contributed by atoms with Gasteiger partial charge in [-0.1, -0.05) is 224 Å². The number of hydrazine groups is 1. The zero-order chi connectivity index (χ0) is 60.3. The third kappa shape index (κ3) is 9.00. The Morgan fingerprint density at radius 3 is 1.51 bits per heavy atom. The first-order valence-corrected chi connectivity index (χ1v) is 32.1. The van der Waals surface area contributed by atoms with Crippen molar-refractivity contribution in [3.8, 4) is 22.3 Å². The van der Waals surface area contributed by atoms with Crippen molar-refractivity contribution >= 4 is 135 Å². The molecule has 1 heterocycles. The van der Waals surface area contributed by atoms with Crippen molar-refractivity contribution in [1.82, 2.24) is 4.83 Å². The average Bonchev–Trinajstić information content (AvgIpc) is 1.47. The Hall–Kier alpha value is -9.31. The fraction of sp³-hybridized carbons (Fsp3) is 0.0976. The molecule has 1 aliphatic heterocycles. The van der Waals surface area contributed by atoms with E-state index in [0.29, 0.717) is 4.90 Å². The standard InChI is InChI=1S/C80H58N5S2.C2H6.V/c1-79(2)67-42-31-50-19-10-12-24-59(50)75(67)63-40-36-57(47-69(63)79)83(53-22-6-5-7-23-53)56-34-38-61-66(46-56)78(85-72-27-15-17-29-74(72)87-82-85)62-39-35-55(45-65(62)77(61)81-71-26-14-16-28-73(71)86)84(54-33-30-49-18-8-9-21-52(49)44-54)58-37-41-64-70(48-58)80(3,4)68-43-32-51-20-11-13-25-60(51)76(64)68;1-2;/h5-48,82,86H,1-4H3;1-2H3;/q-1;;+2/p-1. The Morgan fingerprint density at radius 1 is 0.389 bits per heavy atom. The summed E-state index contributed by atoms with van der Waals surface area (Å²) in [4.78, 5) is 10.5.